The SMILES string of the molecule is Cc1nc(N2CCC(NC(=O)[C@H]3CCc4ccccc4O3)CC2)cc(C(F)(F)F)n1. The Kier molecular flexibility index (Phi) is 5.53. The van der Waals surface area contributed by atoms with E-state index < -0.39 is 18.0 Å². The van der Waals surface area contributed by atoms with Gasteiger partial charge in [-0.15, -0.1) is 0 Å². The first-order chi connectivity index (χ1) is 14.3. The topological polar surface area (TPSA) is 67.4 Å². The number of piperidine rings is 1. The van der Waals surface area contributed by atoms with E-state index in [1.807, 2.05) is 24.3 Å². The number of amides is 1. The second-order valence-electron chi connectivity index (χ2n) is 7.68. The lowest BCUT2D eigenvalue weighted by Crippen LogP contribution is -2.49. The second kappa shape index (κ2) is 8.12. The van der Waals surface area contributed by atoms with Crippen molar-refractivity contribution in [2.24, 2.45) is 0 Å². The van der Waals surface area contributed by atoms with Gasteiger partial charge in [-0.3, -0.25) is 4.79 Å². The van der Waals surface area contributed by atoms with Crippen LogP contribution in [0.4, 0.5) is 19.0 Å². The Labute approximate surface area is 172 Å². The molecule has 6 nitrogen and oxygen atoms in total. The van der Waals surface area contributed by atoms with Gasteiger partial charge >= 0.3 is 6.18 Å². The Morgan fingerprint density at radius 3 is 2.63 bits per heavy atom. The van der Waals surface area contributed by atoms with Crippen molar-refractivity contribution in [3.05, 3.63) is 47.4 Å². The summed E-state index contributed by atoms with van der Waals surface area (Å²) in [4.78, 5) is 22.1. The summed E-state index contributed by atoms with van der Waals surface area (Å²) in [7, 11) is 0. The minimum Gasteiger partial charge on any atom is -0.480 e. The predicted octanol–water partition coefficient (Wildman–Crippen LogP) is 3.28. The molecule has 1 fully saturated rings. The molecule has 2 aromatic rings. The summed E-state index contributed by atoms with van der Waals surface area (Å²) in [6.45, 7) is 2.47. The first-order valence-corrected chi connectivity index (χ1v) is 10.0. The quantitative estimate of drug-likeness (QED) is 0.826. The molecule has 160 valence electrons. The maximum atomic E-state index is 13.0. The average molecular weight is 420 g/mol. The highest BCUT2D eigenvalue weighted by atomic mass is 19.4. The number of fused-ring (bicyclic) bond motifs is 1. The number of carbonyl (C=O) groups excluding carboxylic acids is 1. The summed E-state index contributed by atoms with van der Waals surface area (Å²) < 4.78 is 44.9. The summed E-state index contributed by atoms with van der Waals surface area (Å²) in [5, 5.41) is 3.04. The van der Waals surface area contributed by atoms with Crippen molar-refractivity contribution in [3.8, 4) is 5.75 Å². The van der Waals surface area contributed by atoms with Crippen LogP contribution in [0.25, 0.3) is 0 Å². The first-order valence-electron chi connectivity index (χ1n) is 10.0. The molecular formula is C21H23F3N4O2. The molecule has 2 aliphatic heterocycles. The lowest BCUT2D eigenvalue weighted by atomic mass is 10.0. The van der Waals surface area contributed by atoms with E-state index in [0.717, 1.165) is 23.8 Å². The average Bonchev–Trinajstić information content (AvgIpc) is 2.73. The molecule has 1 N–H and O–H groups in total. The maximum absolute atomic E-state index is 13.0. The zero-order chi connectivity index (χ0) is 21.3. The van der Waals surface area contributed by atoms with Crippen LogP contribution in [0.1, 0.15) is 36.3 Å². The van der Waals surface area contributed by atoms with Crippen LogP contribution < -0.4 is 15.0 Å². The zero-order valence-corrected chi connectivity index (χ0v) is 16.6. The second-order valence-corrected chi connectivity index (χ2v) is 7.68. The molecule has 0 aliphatic carbocycles. The van der Waals surface area contributed by atoms with Crippen molar-refractivity contribution in [2.45, 2.75) is 50.9 Å². The fourth-order valence-electron chi connectivity index (χ4n) is 3.91. The number of hydrogen-bond acceptors (Lipinski definition) is 5. The van der Waals surface area contributed by atoms with E-state index in [1.54, 1.807) is 4.90 Å². The van der Waals surface area contributed by atoms with E-state index in [0.29, 0.717) is 32.4 Å². The van der Waals surface area contributed by atoms with Gasteiger partial charge in [-0.25, -0.2) is 9.97 Å². The van der Waals surface area contributed by atoms with Gasteiger partial charge in [0.15, 0.2) is 6.10 Å². The van der Waals surface area contributed by atoms with Gasteiger partial charge in [-0.2, -0.15) is 13.2 Å². The fraction of sp³-hybridized carbons (Fsp3) is 0.476. The molecule has 9 heteroatoms. The standard InChI is InChI=1S/C21H23F3N4O2/c1-13-25-18(21(22,23)24)12-19(26-13)28-10-8-15(9-11-28)27-20(29)17-7-6-14-4-2-3-5-16(14)30-17/h2-5,12,15,17H,6-11H2,1H3,(H,27,29)/t17-/m1/s1. The van der Waals surface area contributed by atoms with Crippen LogP contribution in [0.2, 0.25) is 0 Å². The molecule has 1 aromatic carbocycles. The normalized spacial score (nSPS) is 19.7. The molecule has 0 saturated carbocycles. The number of benzene rings is 1. The van der Waals surface area contributed by atoms with Crippen molar-refractivity contribution >= 4 is 11.7 Å². The van der Waals surface area contributed by atoms with Gasteiger partial charge in [-0.05, 0) is 44.2 Å². The van der Waals surface area contributed by atoms with Gasteiger partial charge in [0, 0.05) is 25.2 Å². The summed E-state index contributed by atoms with van der Waals surface area (Å²) in [5.74, 6) is 0.968. The van der Waals surface area contributed by atoms with E-state index in [4.69, 9.17) is 4.74 Å². The molecule has 4 rings (SSSR count). The Morgan fingerprint density at radius 1 is 1.17 bits per heavy atom. The van der Waals surface area contributed by atoms with E-state index in [2.05, 4.69) is 15.3 Å². The van der Waals surface area contributed by atoms with Crippen LogP contribution in [-0.4, -0.2) is 41.1 Å². The molecule has 30 heavy (non-hydrogen) atoms. The van der Waals surface area contributed by atoms with Crippen LogP contribution >= 0.6 is 0 Å². The Morgan fingerprint density at radius 2 is 1.90 bits per heavy atom. The van der Waals surface area contributed by atoms with Crippen molar-refractivity contribution < 1.29 is 22.7 Å². The first kappa shape index (κ1) is 20.4. The minimum absolute atomic E-state index is 0.0421. The number of aromatic nitrogens is 2. The number of carbonyl (C=O) groups is 1. The van der Waals surface area contributed by atoms with Gasteiger partial charge in [0.05, 0.1) is 0 Å². The van der Waals surface area contributed by atoms with Gasteiger partial charge in [0.1, 0.15) is 23.1 Å². The molecule has 0 radical (unpaired) electrons. The fourth-order valence-corrected chi connectivity index (χ4v) is 3.91. The number of anilines is 1. The number of alkyl halides is 3. The molecule has 3 heterocycles. The maximum Gasteiger partial charge on any atom is 0.433 e. The lowest BCUT2D eigenvalue weighted by molar-refractivity contribution is -0.141. The lowest BCUT2D eigenvalue weighted by Gasteiger charge is -2.34. The molecule has 0 spiro atoms. The van der Waals surface area contributed by atoms with Crippen LogP contribution in [0.15, 0.2) is 30.3 Å². The monoisotopic (exact) mass is 420 g/mol. The van der Waals surface area contributed by atoms with Gasteiger partial charge < -0.3 is 15.0 Å². The van der Waals surface area contributed by atoms with E-state index in [9.17, 15) is 18.0 Å². The number of ether oxygens (including phenoxy) is 1. The number of nitrogens with one attached hydrogen (secondary N) is 1. The van der Waals surface area contributed by atoms with Crippen LogP contribution in [0.5, 0.6) is 5.75 Å². The van der Waals surface area contributed by atoms with Crippen LogP contribution in [0, 0.1) is 6.92 Å². The molecule has 1 amide bonds. The highest BCUT2D eigenvalue weighted by Gasteiger charge is 2.34. The third-order valence-corrected chi connectivity index (χ3v) is 5.49. The summed E-state index contributed by atoms with van der Waals surface area (Å²) in [6, 6.07) is 8.64. The van der Waals surface area contributed by atoms with E-state index >= 15 is 0 Å². The van der Waals surface area contributed by atoms with Gasteiger partial charge in [-0.1, -0.05) is 18.2 Å². The molecule has 2 aliphatic rings. The minimum atomic E-state index is -4.51. The molecule has 1 aromatic heterocycles. The number of rotatable bonds is 3. The summed E-state index contributed by atoms with van der Waals surface area (Å²) in [5.41, 5.74) is 0.170. The Balaban J connectivity index is 1.33. The molecule has 1 atom stereocenters. The Bertz CT molecular complexity index is 927. The third-order valence-electron chi connectivity index (χ3n) is 5.49. The number of halogens is 3. The third kappa shape index (κ3) is 4.49. The summed E-state index contributed by atoms with van der Waals surface area (Å²) in [6.07, 6.45) is -2.35. The molecular weight excluding hydrogens is 397 g/mol. The van der Waals surface area contributed by atoms with Gasteiger partial charge in [0.25, 0.3) is 5.91 Å². The van der Waals surface area contributed by atoms with Crippen molar-refractivity contribution in [1.29, 1.82) is 0 Å². The zero-order valence-electron chi connectivity index (χ0n) is 16.6. The van der Waals surface area contributed by atoms with E-state index in [-0.39, 0.29) is 23.6 Å². The predicted molar refractivity (Wildman–Crippen MR) is 104 cm³/mol. The summed E-state index contributed by atoms with van der Waals surface area (Å²) >= 11 is 0. The van der Waals surface area contributed by atoms with Crippen LogP contribution in [-0.2, 0) is 17.4 Å². The Hall–Kier alpha value is -2.84. The number of aryl methyl sites for hydroxylation is 2. The molecule has 1 saturated heterocycles. The molecule has 0 unspecified atom stereocenters. The van der Waals surface area contributed by atoms with Crippen molar-refractivity contribution in [1.82, 2.24) is 15.3 Å². The smallest absolute Gasteiger partial charge is 0.433 e. The van der Waals surface area contributed by atoms with Crippen molar-refractivity contribution in [3.63, 3.8) is 0 Å². The van der Waals surface area contributed by atoms with Crippen molar-refractivity contribution in [2.75, 3.05) is 18.0 Å². The molecule has 0 bridgehead atoms. The van der Waals surface area contributed by atoms with Crippen LogP contribution in [0.3, 0.4) is 0 Å². The largest absolute Gasteiger partial charge is 0.480 e. The van der Waals surface area contributed by atoms with E-state index in [1.165, 1.54) is 6.92 Å². The number of nitrogens with zero attached hydrogens (tertiary/aromatic N) is 3. The number of hydrogen-bond donors (Lipinski definition) is 1. The number of para-hydroxylation sites is 1. The highest BCUT2D eigenvalue weighted by Crippen LogP contribution is 2.31. The van der Waals surface area contributed by atoms with Gasteiger partial charge in [0.2, 0.25) is 0 Å². The highest BCUT2D eigenvalue weighted by molar-refractivity contribution is 5.81.